The normalized spacial score (nSPS) is 13.8. The van der Waals surface area contributed by atoms with Crippen LogP contribution in [0.4, 0.5) is 0 Å². The van der Waals surface area contributed by atoms with E-state index in [9.17, 15) is 5.11 Å². The predicted octanol–water partition coefficient (Wildman–Crippen LogP) is 6.47. The first kappa shape index (κ1) is 27.9. The summed E-state index contributed by atoms with van der Waals surface area (Å²) in [6.45, 7) is 7.04. The minimum absolute atomic E-state index is 0.302. The minimum atomic E-state index is -0.436. The van der Waals surface area contributed by atoms with E-state index in [-0.39, 0.29) is 12.2 Å². The van der Waals surface area contributed by atoms with E-state index in [1.165, 1.54) is 19.3 Å². The average molecular weight is 471 g/mol. The zero-order chi connectivity index (χ0) is 24.6. The van der Waals surface area contributed by atoms with Crippen LogP contribution in [0, 0.1) is 0 Å². The van der Waals surface area contributed by atoms with E-state index < -0.39 is 6.10 Å². The van der Waals surface area contributed by atoms with Gasteiger partial charge in [0, 0.05) is 6.42 Å². The Balaban J connectivity index is 1.98. The van der Waals surface area contributed by atoms with Crippen molar-refractivity contribution in [1.82, 2.24) is 0 Å². The lowest BCUT2D eigenvalue weighted by molar-refractivity contribution is -0.0823. The van der Waals surface area contributed by atoms with Crippen LogP contribution in [0.1, 0.15) is 63.0 Å². The van der Waals surface area contributed by atoms with Crippen molar-refractivity contribution >= 4 is 0 Å². The molecule has 0 radical (unpaired) electrons. The van der Waals surface area contributed by atoms with Gasteiger partial charge in [-0.05, 0) is 41.8 Å². The molecule has 0 saturated carbocycles. The van der Waals surface area contributed by atoms with Gasteiger partial charge in [-0.3, -0.25) is 0 Å². The Bertz CT molecular complexity index is 787. The van der Waals surface area contributed by atoms with Gasteiger partial charge in [0.05, 0.1) is 39.6 Å². The van der Waals surface area contributed by atoms with Crippen molar-refractivity contribution in [3.63, 3.8) is 0 Å². The van der Waals surface area contributed by atoms with Gasteiger partial charge in [0.1, 0.15) is 17.6 Å². The van der Waals surface area contributed by atoms with E-state index in [1.54, 1.807) is 20.3 Å². The highest BCUT2D eigenvalue weighted by molar-refractivity contribution is 5.27. The van der Waals surface area contributed by atoms with Gasteiger partial charge in [-0.15, -0.1) is 6.58 Å². The number of hydrogen-bond acceptors (Lipinski definition) is 5. The number of benzene rings is 2. The third-order valence-corrected chi connectivity index (χ3v) is 5.97. The van der Waals surface area contributed by atoms with Gasteiger partial charge < -0.3 is 24.1 Å². The molecule has 5 nitrogen and oxygen atoms in total. The average Bonchev–Trinajstić information content (AvgIpc) is 2.87. The first-order valence-electron chi connectivity index (χ1n) is 12.4. The molecule has 3 atom stereocenters. The van der Waals surface area contributed by atoms with E-state index >= 15 is 0 Å². The zero-order valence-corrected chi connectivity index (χ0v) is 21.1. The second kappa shape index (κ2) is 16.3. The lowest BCUT2D eigenvalue weighted by Crippen LogP contribution is -2.33. The number of methoxy groups -OCH3 is 2. The summed E-state index contributed by atoms with van der Waals surface area (Å²) in [6.07, 6.45) is 7.85. The highest BCUT2D eigenvalue weighted by atomic mass is 16.5. The maximum atomic E-state index is 10.7. The van der Waals surface area contributed by atoms with E-state index in [0.29, 0.717) is 19.6 Å². The van der Waals surface area contributed by atoms with Crippen LogP contribution in [-0.4, -0.2) is 37.6 Å². The van der Waals surface area contributed by atoms with Crippen LogP contribution in [0.5, 0.6) is 11.5 Å². The molecule has 2 rings (SSSR count). The molecule has 0 saturated heterocycles. The molecule has 0 aliphatic heterocycles. The van der Waals surface area contributed by atoms with E-state index in [0.717, 1.165) is 41.9 Å². The first-order valence-corrected chi connectivity index (χ1v) is 12.4. The summed E-state index contributed by atoms with van der Waals surface area (Å²) in [4.78, 5) is 0. The van der Waals surface area contributed by atoms with Gasteiger partial charge in [0.2, 0.25) is 0 Å². The molecule has 0 aliphatic carbocycles. The summed E-state index contributed by atoms with van der Waals surface area (Å²) < 4.78 is 22.9. The zero-order valence-electron chi connectivity index (χ0n) is 21.1. The molecular weight excluding hydrogens is 428 g/mol. The predicted molar refractivity (Wildman–Crippen MR) is 137 cm³/mol. The van der Waals surface area contributed by atoms with Crippen molar-refractivity contribution in [2.75, 3.05) is 14.2 Å². The van der Waals surface area contributed by atoms with E-state index in [4.69, 9.17) is 18.9 Å². The Hall–Kier alpha value is -2.34. The van der Waals surface area contributed by atoms with Crippen LogP contribution in [0.2, 0.25) is 0 Å². The highest BCUT2D eigenvalue weighted by Gasteiger charge is 2.24. The van der Waals surface area contributed by atoms with Gasteiger partial charge >= 0.3 is 0 Å². The minimum Gasteiger partial charge on any atom is -0.497 e. The molecule has 0 aromatic heterocycles. The van der Waals surface area contributed by atoms with Gasteiger partial charge in [-0.25, -0.2) is 0 Å². The molecule has 1 N–H and O–H groups in total. The third-order valence-electron chi connectivity index (χ3n) is 5.97. The molecular formula is C29H42O5. The topological polar surface area (TPSA) is 57.2 Å². The number of aliphatic hydroxyl groups excluding tert-OH is 1. The van der Waals surface area contributed by atoms with Crippen LogP contribution in [0.25, 0.3) is 0 Å². The molecule has 2 aromatic carbocycles. The van der Waals surface area contributed by atoms with Gasteiger partial charge in [-0.1, -0.05) is 69.4 Å². The van der Waals surface area contributed by atoms with Crippen molar-refractivity contribution in [3.8, 4) is 11.5 Å². The van der Waals surface area contributed by atoms with Crippen LogP contribution < -0.4 is 9.47 Å². The molecule has 2 aromatic rings. The molecule has 0 spiro atoms. The standard InChI is InChI=1S/C29H42O5/c1-5-7-8-9-10-11-25(30)20-29(34-22-24-14-18-27(32-4)19-15-24)28(6-2)33-21-23-12-16-26(31-3)17-13-23/h6,12-19,25,28-30H,2,5,7-11,20-22H2,1,3-4H3/t25-,28-,29+/m1/s1. The van der Waals surface area contributed by atoms with Crippen molar-refractivity contribution in [2.24, 2.45) is 0 Å². The van der Waals surface area contributed by atoms with Gasteiger partial charge in [-0.2, -0.15) is 0 Å². The maximum Gasteiger partial charge on any atom is 0.118 e. The summed E-state index contributed by atoms with van der Waals surface area (Å²) in [6, 6.07) is 15.6. The third kappa shape index (κ3) is 10.3. The highest BCUT2D eigenvalue weighted by Crippen LogP contribution is 2.21. The second-order valence-corrected chi connectivity index (χ2v) is 8.65. The molecule has 0 amide bonds. The summed E-state index contributed by atoms with van der Waals surface area (Å²) in [5.41, 5.74) is 2.08. The van der Waals surface area contributed by atoms with Gasteiger partial charge in [0.15, 0.2) is 0 Å². The fourth-order valence-corrected chi connectivity index (χ4v) is 3.83. The molecule has 0 unspecified atom stereocenters. The Labute approximate surface area is 205 Å². The molecule has 0 aliphatic rings. The summed E-state index contributed by atoms with van der Waals surface area (Å²) >= 11 is 0. The van der Waals surface area contributed by atoms with Crippen LogP contribution in [-0.2, 0) is 22.7 Å². The maximum absolute atomic E-state index is 10.7. The Morgan fingerprint density at radius 1 is 0.794 bits per heavy atom. The number of aliphatic hydroxyl groups is 1. The largest absolute Gasteiger partial charge is 0.497 e. The molecule has 0 fully saturated rings. The quantitative estimate of drug-likeness (QED) is 0.200. The molecule has 0 bridgehead atoms. The monoisotopic (exact) mass is 470 g/mol. The molecule has 0 heterocycles. The van der Waals surface area contributed by atoms with Crippen LogP contribution in [0.3, 0.4) is 0 Å². The fraction of sp³-hybridized carbons (Fsp3) is 0.517. The molecule has 5 heteroatoms. The Morgan fingerprint density at radius 2 is 1.32 bits per heavy atom. The molecule has 34 heavy (non-hydrogen) atoms. The van der Waals surface area contributed by atoms with E-state index in [1.807, 2.05) is 48.5 Å². The first-order chi connectivity index (χ1) is 16.6. The van der Waals surface area contributed by atoms with Crippen molar-refractivity contribution in [1.29, 1.82) is 0 Å². The van der Waals surface area contributed by atoms with Crippen molar-refractivity contribution in [3.05, 3.63) is 72.3 Å². The number of unbranched alkanes of at least 4 members (excludes halogenated alkanes) is 4. The van der Waals surface area contributed by atoms with Crippen LogP contribution >= 0.6 is 0 Å². The SMILES string of the molecule is C=C[C@@H](OCc1ccc(OC)cc1)[C@H](C[C@H](O)CCCCCCC)OCc1ccc(OC)cc1. The van der Waals surface area contributed by atoms with Gasteiger partial charge in [0.25, 0.3) is 0 Å². The summed E-state index contributed by atoms with van der Waals surface area (Å²) in [5.74, 6) is 1.62. The lowest BCUT2D eigenvalue weighted by atomic mass is 10.0. The Kier molecular flexibility index (Phi) is 13.4. The number of ether oxygens (including phenoxy) is 4. The van der Waals surface area contributed by atoms with Crippen molar-refractivity contribution in [2.45, 2.75) is 83.4 Å². The van der Waals surface area contributed by atoms with Crippen molar-refractivity contribution < 1.29 is 24.1 Å². The summed E-state index contributed by atoms with van der Waals surface area (Å²) in [7, 11) is 3.30. The fourth-order valence-electron chi connectivity index (χ4n) is 3.83. The van der Waals surface area contributed by atoms with Crippen LogP contribution in [0.15, 0.2) is 61.2 Å². The lowest BCUT2D eigenvalue weighted by Gasteiger charge is -2.27. The summed E-state index contributed by atoms with van der Waals surface area (Å²) in [5, 5.41) is 10.7. The van der Waals surface area contributed by atoms with E-state index in [2.05, 4.69) is 13.5 Å². The smallest absolute Gasteiger partial charge is 0.118 e. The Morgan fingerprint density at radius 3 is 1.82 bits per heavy atom. The molecule has 188 valence electrons. The number of rotatable bonds is 18. The second-order valence-electron chi connectivity index (χ2n) is 8.65. The number of hydrogen-bond donors (Lipinski definition) is 1.